The summed E-state index contributed by atoms with van der Waals surface area (Å²) in [7, 11) is 0. The fourth-order valence-electron chi connectivity index (χ4n) is 1.97. The van der Waals surface area contributed by atoms with Crippen molar-refractivity contribution in [2.45, 2.75) is 19.4 Å². The number of hydrogen-bond donors (Lipinski definition) is 2. The standard InChI is InChI=1S/C16H16N2O4/c1-11(19)13-4-6-14(7-5-13)17-16(20)10-12-2-8-15(9-3-12)18(21)22/h2-9,11,19H,10H2,1H3,(H,17,20)/t11-/m0/s1. The van der Waals surface area contributed by atoms with Crippen molar-refractivity contribution >= 4 is 17.3 Å². The summed E-state index contributed by atoms with van der Waals surface area (Å²) in [5.74, 6) is -0.210. The first-order chi connectivity index (χ1) is 10.5. The van der Waals surface area contributed by atoms with E-state index in [1.165, 1.54) is 12.1 Å². The third-order valence-corrected chi connectivity index (χ3v) is 3.19. The fourth-order valence-corrected chi connectivity index (χ4v) is 1.97. The van der Waals surface area contributed by atoms with Gasteiger partial charge < -0.3 is 10.4 Å². The molecular formula is C16H16N2O4. The molecule has 0 radical (unpaired) electrons. The van der Waals surface area contributed by atoms with Crippen LogP contribution in [0.2, 0.25) is 0 Å². The normalized spacial score (nSPS) is 11.7. The Hall–Kier alpha value is -2.73. The maximum atomic E-state index is 11.9. The van der Waals surface area contributed by atoms with Gasteiger partial charge >= 0.3 is 0 Å². The molecule has 6 nitrogen and oxygen atoms in total. The third kappa shape index (κ3) is 4.13. The first kappa shape index (κ1) is 15.7. The number of non-ortho nitro benzene ring substituents is 1. The zero-order valence-corrected chi connectivity index (χ0v) is 12.0. The molecule has 2 N–H and O–H groups in total. The highest BCUT2D eigenvalue weighted by Crippen LogP contribution is 2.16. The van der Waals surface area contributed by atoms with Gasteiger partial charge in [-0.1, -0.05) is 24.3 Å². The highest BCUT2D eigenvalue weighted by molar-refractivity contribution is 5.92. The number of nitro groups is 1. The maximum Gasteiger partial charge on any atom is 0.269 e. The minimum Gasteiger partial charge on any atom is -0.389 e. The topological polar surface area (TPSA) is 92.5 Å². The Kier molecular flexibility index (Phi) is 4.85. The van der Waals surface area contributed by atoms with Crippen molar-refractivity contribution in [2.24, 2.45) is 0 Å². The van der Waals surface area contributed by atoms with E-state index in [1.807, 2.05) is 0 Å². The number of anilines is 1. The second-order valence-corrected chi connectivity index (χ2v) is 4.95. The zero-order chi connectivity index (χ0) is 16.1. The largest absolute Gasteiger partial charge is 0.389 e. The molecule has 114 valence electrons. The highest BCUT2D eigenvalue weighted by Gasteiger charge is 2.08. The summed E-state index contributed by atoms with van der Waals surface area (Å²) in [6, 6.07) is 12.8. The van der Waals surface area contributed by atoms with Gasteiger partial charge in [-0.25, -0.2) is 0 Å². The third-order valence-electron chi connectivity index (χ3n) is 3.19. The van der Waals surface area contributed by atoms with E-state index in [0.29, 0.717) is 11.3 Å². The van der Waals surface area contributed by atoms with Crippen LogP contribution >= 0.6 is 0 Å². The van der Waals surface area contributed by atoms with Gasteiger partial charge in [0.15, 0.2) is 0 Å². The quantitative estimate of drug-likeness (QED) is 0.656. The molecule has 1 amide bonds. The number of nitro benzene ring substituents is 1. The van der Waals surface area contributed by atoms with Gasteiger partial charge in [-0.3, -0.25) is 14.9 Å². The Morgan fingerprint density at radius 3 is 2.27 bits per heavy atom. The van der Waals surface area contributed by atoms with Gasteiger partial charge in [-0.15, -0.1) is 0 Å². The first-order valence-electron chi connectivity index (χ1n) is 6.77. The van der Waals surface area contributed by atoms with Crippen LogP contribution in [-0.4, -0.2) is 15.9 Å². The number of benzene rings is 2. The lowest BCUT2D eigenvalue weighted by Gasteiger charge is -2.08. The summed E-state index contributed by atoms with van der Waals surface area (Å²) in [6.45, 7) is 1.67. The van der Waals surface area contributed by atoms with Crippen LogP contribution in [0, 0.1) is 10.1 Å². The molecule has 0 spiro atoms. The molecule has 0 saturated heterocycles. The second-order valence-electron chi connectivity index (χ2n) is 4.95. The van der Waals surface area contributed by atoms with E-state index in [0.717, 1.165) is 5.56 Å². The number of aliphatic hydroxyl groups excluding tert-OH is 1. The molecule has 0 aliphatic carbocycles. The molecule has 0 bridgehead atoms. The van der Waals surface area contributed by atoms with Gasteiger partial charge in [0.25, 0.3) is 5.69 Å². The Bertz CT molecular complexity index is 664. The summed E-state index contributed by atoms with van der Waals surface area (Å²) < 4.78 is 0. The summed E-state index contributed by atoms with van der Waals surface area (Å²) in [6.07, 6.45) is -0.416. The summed E-state index contributed by atoms with van der Waals surface area (Å²) in [5.41, 5.74) is 2.10. The van der Waals surface area contributed by atoms with Crippen molar-refractivity contribution in [1.29, 1.82) is 0 Å². The zero-order valence-electron chi connectivity index (χ0n) is 12.0. The van der Waals surface area contributed by atoms with Crippen molar-refractivity contribution in [3.05, 3.63) is 69.8 Å². The van der Waals surface area contributed by atoms with E-state index < -0.39 is 11.0 Å². The van der Waals surface area contributed by atoms with E-state index in [4.69, 9.17) is 0 Å². The van der Waals surface area contributed by atoms with Crippen LogP contribution in [0.4, 0.5) is 11.4 Å². The molecule has 22 heavy (non-hydrogen) atoms. The second kappa shape index (κ2) is 6.82. The van der Waals surface area contributed by atoms with Crippen LogP contribution in [0.5, 0.6) is 0 Å². The van der Waals surface area contributed by atoms with E-state index in [-0.39, 0.29) is 18.0 Å². The monoisotopic (exact) mass is 300 g/mol. The van der Waals surface area contributed by atoms with Crippen LogP contribution in [-0.2, 0) is 11.2 Å². The molecule has 2 rings (SSSR count). The lowest BCUT2D eigenvalue weighted by molar-refractivity contribution is -0.384. The predicted octanol–water partition coefficient (Wildman–Crippen LogP) is 2.83. The number of rotatable bonds is 5. The minimum absolute atomic E-state index is 0.00197. The van der Waals surface area contributed by atoms with Crippen molar-refractivity contribution in [1.82, 2.24) is 0 Å². The molecule has 6 heteroatoms. The molecule has 0 aliphatic heterocycles. The van der Waals surface area contributed by atoms with Gasteiger partial charge in [0.05, 0.1) is 17.4 Å². The molecule has 2 aromatic carbocycles. The Morgan fingerprint density at radius 2 is 1.77 bits per heavy atom. The number of nitrogens with one attached hydrogen (secondary N) is 1. The molecule has 1 atom stereocenters. The Labute approximate surface area is 127 Å². The fraction of sp³-hybridized carbons (Fsp3) is 0.188. The number of carbonyl (C=O) groups excluding carboxylic acids is 1. The SMILES string of the molecule is C[C@H](O)c1ccc(NC(=O)Cc2ccc([N+](=O)[O-])cc2)cc1. The van der Waals surface area contributed by atoms with E-state index in [2.05, 4.69) is 5.32 Å². The predicted molar refractivity (Wildman–Crippen MR) is 82.5 cm³/mol. The van der Waals surface area contributed by atoms with Crippen LogP contribution in [0.25, 0.3) is 0 Å². The van der Waals surface area contributed by atoms with E-state index >= 15 is 0 Å². The van der Waals surface area contributed by atoms with E-state index in [9.17, 15) is 20.0 Å². The molecule has 0 fully saturated rings. The number of amides is 1. The Morgan fingerprint density at radius 1 is 1.18 bits per heavy atom. The molecule has 2 aromatic rings. The molecule has 0 unspecified atom stereocenters. The van der Waals surface area contributed by atoms with Gasteiger partial charge in [0.2, 0.25) is 5.91 Å². The van der Waals surface area contributed by atoms with Crippen molar-refractivity contribution in [2.75, 3.05) is 5.32 Å². The smallest absolute Gasteiger partial charge is 0.269 e. The van der Waals surface area contributed by atoms with Crippen molar-refractivity contribution in [3.63, 3.8) is 0 Å². The first-order valence-corrected chi connectivity index (χ1v) is 6.77. The van der Waals surface area contributed by atoms with Crippen molar-refractivity contribution < 1.29 is 14.8 Å². The highest BCUT2D eigenvalue weighted by atomic mass is 16.6. The van der Waals surface area contributed by atoms with Gasteiger partial charge in [-0.05, 0) is 30.2 Å². The molecule has 0 saturated carbocycles. The summed E-state index contributed by atoms with van der Waals surface area (Å²) >= 11 is 0. The van der Waals surface area contributed by atoms with Crippen LogP contribution in [0.15, 0.2) is 48.5 Å². The van der Waals surface area contributed by atoms with Crippen LogP contribution < -0.4 is 5.32 Å². The molecule has 0 heterocycles. The summed E-state index contributed by atoms with van der Waals surface area (Å²) in [5, 5.41) is 22.7. The van der Waals surface area contributed by atoms with Crippen LogP contribution in [0.1, 0.15) is 24.2 Å². The molecule has 0 aromatic heterocycles. The van der Waals surface area contributed by atoms with Gasteiger partial charge in [-0.2, -0.15) is 0 Å². The van der Waals surface area contributed by atoms with E-state index in [1.54, 1.807) is 43.3 Å². The van der Waals surface area contributed by atoms with Gasteiger partial charge in [0.1, 0.15) is 0 Å². The van der Waals surface area contributed by atoms with Gasteiger partial charge in [0, 0.05) is 17.8 Å². The molecular weight excluding hydrogens is 284 g/mol. The maximum absolute atomic E-state index is 11.9. The lowest BCUT2D eigenvalue weighted by atomic mass is 10.1. The van der Waals surface area contributed by atoms with Crippen molar-refractivity contribution in [3.8, 4) is 0 Å². The minimum atomic E-state index is -0.551. The number of aliphatic hydroxyl groups is 1. The summed E-state index contributed by atoms with van der Waals surface area (Å²) in [4.78, 5) is 22.0. The lowest BCUT2D eigenvalue weighted by Crippen LogP contribution is -2.14. The average molecular weight is 300 g/mol. The molecule has 0 aliphatic rings. The average Bonchev–Trinajstić information content (AvgIpc) is 2.48. The van der Waals surface area contributed by atoms with Crippen LogP contribution in [0.3, 0.4) is 0 Å². The Balaban J connectivity index is 1.96. The number of carbonyl (C=O) groups is 1. The number of hydrogen-bond acceptors (Lipinski definition) is 4. The number of nitrogens with zero attached hydrogens (tertiary/aromatic N) is 1.